The molecule has 0 bridgehead atoms. The van der Waals surface area contributed by atoms with Gasteiger partial charge in [0.2, 0.25) is 0 Å². The van der Waals surface area contributed by atoms with E-state index in [0.717, 1.165) is 25.9 Å². The summed E-state index contributed by atoms with van der Waals surface area (Å²) in [7, 11) is 4.06. The van der Waals surface area contributed by atoms with E-state index in [2.05, 4.69) is 16.8 Å². The Balaban J connectivity index is 1.97. The van der Waals surface area contributed by atoms with Crippen molar-refractivity contribution in [2.75, 3.05) is 33.7 Å². The average Bonchev–Trinajstić information content (AvgIpc) is 2.39. The van der Waals surface area contributed by atoms with E-state index in [1.54, 1.807) is 0 Å². The Hall–Kier alpha value is -1.59. The second kappa shape index (κ2) is 6.24. The molecule has 1 aromatic rings. The maximum atomic E-state index is 12.2. The lowest BCUT2D eigenvalue weighted by molar-refractivity contribution is 0.0869. The third-order valence-electron chi connectivity index (χ3n) is 3.99. The van der Waals surface area contributed by atoms with Gasteiger partial charge in [0.15, 0.2) is 5.78 Å². The predicted octanol–water partition coefficient (Wildman–Crippen LogP) is 1.31. The summed E-state index contributed by atoms with van der Waals surface area (Å²) in [5, 5.41) is 19.0. The Labute approximate surface area is 119 Å². The summed E-state index contributed by atoms with van der Waals surface area (Å²) in [6, 6.07) is 4.50. The van der Waals surface area contributed by atoms with Crippen LogP contribution in [0.15, 0.2) is 18.2 Å². The van der Waals surface area contributed by atoms with Crippen LogP contribution < -0.4 is 0 Å². The molecule has 1 aromatic carbocycles. The minimum absolute atomic E-state index is 0.0391. The van der Waals surface area contributed by atoms with Crippen molar-refractivity contribution in [1.82, 2.24) is 9.80 Å². The minimum Gasteiger partial charge on any atom is -0.508 e. The molecular formula is C15H22N2O3. The molecule has 2 rings (SSSR count). The molecule has 0 saturated carbocycles. The van der Waals surface area contributed by atoms with Gasteiger partial charge >= 0.3 is 0 Å². The number of phenols is 2. The Morgan fingerprint density at radius 1 is 1.35 bits per heavy atom. The molecule has 0 aromatic heterocycles. The fraction of sp³-hybridized carbons (Fsp3) is 0.533. The second-order valence-corrected chi connectivity index (χ2v) is 5.57. The number of Topliss-reactive ketones (excluding diaryl/α,β-unsaturated/α-hetero) is 1. The number of likely N-dealkylation sites (N-methyl/N-ethyl adjacent to an activating group) is 1. The molecule has 0 atom stereocenters. The number of rotatable bonds is 4. The average molecular weight is 278 g/mol. The predicted molar refractivity (Wildman–Crippen MR) is 77.3 cm³/mol. The molecule has 1 saturated heterocycles. The van der Waals surface area contributed by atoms with Crippen LogP contribution >= 0.6 is 0 Å². The number of carbonyl (C=O) groups is 1. The Morgan fingerprint density at radius 3 is 2.60 bits per heavy atom. The van der Waals surface area contributed by atoms with Crippen LogP contribution in [0.1, 0.15) is 23.2 Å². The lowest BCUT2D eigenvalue weighted by Crippen LogP contribution is -2.43. The van der Waals surface area contributed by atoms with E-state index in [9.17, 15) is 15.0 Å². The molecule has 2 N–H and O–H groups in total. The van der Waals surface area contributed by atoms with Crippen molar-refractivity contribution in [2.24, 2.45) is 0 Å². The lowest BCUT2D eigenvalue weighted by atomic mass is 10.0. The number of hydrogen-bond acceptors (Lipinski definition) is 5. The summed E-state index contributed by atoms with van der Waals surface area (Å²) in [5.74, 6) is -0.321. The number of piperidine rings is 1. The first-order valence-electron chi connectivity index (χ1n) is 6.91. The van der Waals surface area contributed by atoms with Crippen LogP contribution in [0, 0.1) is 0 Å². The zero-order chi connectivity index (χ0) is 14.7. The smallest absolute Gasteiger partial charge is 0.180 e. The van der Waals surface area contributed by atoms with Crippen molar-refractivity contribution in [3.05, 3.63) is 23.8 Å². The second-order valence-electron chi connectivity index (χ2n) is 5.57. The Morgan fingerprint density at radius 2 is 2.00 bits per heavy atom. The summed E-state index contributed by atoms with van der Waals surface area (Å²) < 4.78 is 0. The zero-order valence-electron chi connectivity index (χ0n) is 12.0. The van der Waals surface area contributed by atoms with Crippen molar-refractivity contribution in [3.8, 4) is 11.5 Å². The van der Waals surface area contributed by atoms with Gasteiger partial charge in [-0.2, -0.15) is 0 Å². The minimum atomic E-state index is -0.160. The fourth-order valence-corrected chi connectivity index (χ4v) is 2.63. The number of phenolic OH excluding ortho intramolecular Hbond substituents is 2. The van der Waals surface area contributed by atoms with Crippen LogP contribution in [0.5, 0.6) is 11.5 Å². The van der Waals surface area contributed by atoms with Gasteiger partial charge in [-0.05, 0) is 52.2 Å². The number of ketones is 1. The lowest BCUT2D eigenvalue weighted by Gasteiger charge is -2.34. The largest absolute Gasteiger partial charge is 0.508 e. The van der Waals surface area contributed by atoms with Gasteiger partial charge in [-0.25, -0.2) is 0 Å². The van der Waals surface area contributed by atoms with Crippen LogP contribution in [0.4, 0.5) is 0 Å². The quantitative estimate of drug-likeness (QED) is 0.813. The van der Waals surface area contributed by atoms with E-state index < -0.39 is 0 Å². The summed E-state index contributed by atoms with van der Waals surface area (Å²) in [4.78, 5) is 16.5. The Kier molecular flexibility index (Phi) is 4.62. The number of carbonyl (C=O) groups excluding carboxylic acids is 1. The van der Waals surface area contributed by atoms with Gasteiger partial charge in [-0.1, -0.05) is 0 Å². The summed E-state index contributed by atoms with van der Waals surface area (Å²) in [6.07, 6.45) is 2.11. The first-order chi connectivity index (χ1) is 9.47. The van der Waals surface area contributed by atoms with Gasteiger partial charge in [0, 0.05) is 12.1 Å². The molecule has 0 aliphatic carbocycles. The van der Waals surface area contributed by atoms with Gasteiger partial charge in [0.05, 0.1) is 12.1 Å². The molecule has 1 aliphatic rings. The van der Waals surface area contributed by atoms with E-state index in [4.69, 9.17) is 0 Å². The SMILES string of the molecule is CN1CCC(N(C)CC(=O)c2ccc(O)cc2O)CC1. The highest BCUT2D eigenvalue weighted by Gasteiger charge is 2.23. The van der Waals surface area contributed by atoms with Gasteiger partial charge in [-0.3, -0.25) is 9.69 Å². The normalized spacial score (nSPS) is 17.6. The maximum Gasteiger partial charge on any atom is 0.180 e. The van der Waals surface area contributed by atoms with E-state index in [1.165, 1.54) is 18.2 Å². The van der Waals surface area contributed by atoms with E-state index >= 15 is 0 Å². The molecule has 5 nitrogen and oxygen atoms in total. The molecule has 0 amide bonds. The van der Waals surface area contributed by atoms with Crippen LogP contribution in [0.25, 0.3) is 0 Å². The van der Waals surface area contributed by atoms with Crippen molar-refractivity contribution in [2.45, 2.75) is 18.9 Å². The van der Waals surface area contributed by atoms with E-state index in [1.807, 2.05) is 7.05 Å². The molecule has 110 valence electrons. The van der Waals surface area contributed by atoms with Gasteiger partial charge in [0.25, 0.3) is 0 Å². The van der Waals surface area contributed by atoms with Crippen molar-refractivity contribution in [3.63, 3.8) is 0 Å². The molecule has 1 heterocycles. The number of nitrogens with zero attached hydrogens (tertiary/aromatic N) is 2. The molecule has 20 heavy (non-hydrogen) atoms. The van der Waals surface area contributed by atoms with Gasteiger partial charge in [-0.15, -0.1) is 0 Å². The van der Waals surface area contributed by atoms with Gasteiger partial charge < -0.3 is 15.1 Å². The third kappa shape index (κ3) is 3.49. The van der Waals surface area contributed by atoms with E-state index in [0.29, 0.717) is 6.04 Å². The van der Waals surface area contributed by atoms with Gasteiger partial charge in [0.1, 0.15) is 11.5 Å². The molecule has 1 fully saturated rings. The standard InChI is InChI=1S/C15H22N2O3/c1-16-7-5-11(6-8-16)17(2)10-15(20)13-4-3-12(18)9-14(13)19/h3-4,9,11,18-19H,5-8,10H2,1-2H3. The molecule has 5 heteroatoms. The third-order valence-corrected chi connectivity index (χ3v) is 3.99. The number of hydrogen-bond donors (Lipinski definition) is 2. The van der Waals surface area contributed by atoms with Crippen molar-refractivity contribution in [1.29, 1.82) is 0 Å². The van der Waals surface area contributed by atoms with Crippen LogP contribution in [-0.2, 0) is 0 Å². The molecule has 1 aliphatic heterocycles. The highest BCUT2D eigenvalue weighted by Crippen LogP contribution is 2.23. The Bertz CT molecular complexity index is 482. The zero-order valence-corrected chi connectivity index (χ0v) is 12.0. The topological polar surface area (TPSA) is 64.0 Å². The molecular weight excluding hydrogens is 256 g/mol. The summed E-state index contributed by atoms with van der Waals surface area (Å²) >= 11 is 0. The van der Waals surface area contributed by atoms with E-state index in [-0.39, 0.29) is 29.4 Å². The van der Waals surface area contributed by atoms with Crippen LogP contribution in [0.3, 0.4) is 0 Å². The molecule has 0 unspecified atom stereocenters. The number of aromatic hydroxyl groups is 2. The van der Waals surface area contributed by atoms with Crippen molar-refractivity contribution >= 4 is 5.78 Å². The first-order valence-corrected chi connectivity index (χ1v) is 6.91. The fourth-order valence-electron chi connectivity index (χ4n) is 2.63. The van der Waals surface area contributed by atoms with Crippen LogP contribution in [-0.4, -0.2) is 65.6 Å². The number of benzene rings is 1. The highest BCUT2D eigenvalue weighted by molar-refractivity contribution is 6.00. The summed E-state index contributed by atoms with van der Waals surface area (Å²) in [6.45, 7) is 2.38. The maximum absolute atomic E-state index is 12.2. The van der Waals surface area contributed by atoms with Crippen LogP contribution in [0.2, 0.25) is 0 Å². The monoisotopic (exact) mass is 278 g/mol. The molecule has 0 radical (unpaired) electrons. The van der Waals surface area contributed by atoms with Crippen molar-refractivity contribution < 1.29 is 15.0 Å². The first kappa shape index (κ1) is 14.8. The highest BCUT2D eigenvalue weighted by atomic mass is 16.3. The number of likely N-dealkylation sites (tertiary alicyclic amines) is 1. The molecule has 0 spiro atoms. The summed E-state index contributed by atoms with van der Waals surface area (Å²) in [5.41, 5.74) is 0.266.